The fourth-order valence-electron chi connectivity index (χ4n) is 3.68. The highest BCUT2D eigenvalue weighted by atomic mass is 35.5. The van der Waals surface area contributed by atoms with E-state index < -0.39 is 37.1 Å². The lowest BCUT2D eigenvalue weighted by Crippen LogP contribution is -2.48. The summed E-state index contributed by atoms with van der Waals surface area (Å²) in [4.78, 5) is 0. The third-order valence-electron chi connectivity index (χ3n) is 5.26. The van der Waals surface area contributed by atoms with Gasteiger partial charge in [-0.1, -0.05) is 43.6 Å². The quantitative estimate of drug-likeness (QED) is 0.510. The second kappa shape index (κ2) is 11.8. The number of aliphatic hydroxyl groups excluding tert-OH is 4. The lowest BCUT2D eigenvalue weighted by atomic mass is 9.87. The van der Waals surface area contributed by atoms with Gasteiger partial charge in [-0.2, -0.15) is 0 Å². The molecule has 6 nitrogen and oxygen atoms in total. The summed E-state index contributed by atoms with van der Waals surface area (Å²) in [6.07, 6.45) is -1.73. The number of rotatable bonds is 7. The van der Waals surface area contributed by atoms with E-state index in [0.717, 1.165) is 5.75 Å². The molecule has 0 spiro atoms. The van der Waals surface area contributed by atoms with Crippen molar-refractivity contribution in [3.63, 3.8) is 0 Å². The van der Waals surface area contributed by atoms with Gasteiger partial charge in [-0.25, -0.2) is 0 Å². The van der Waals surface area contributed by atoms with E-state index in [9.17, 15) is 20.4 Å². The van der Waals surface area contributed by atoms with E-state index in [-0.39, 0.29) is 6.42 Å². The van der Waals surface area contributed by atoms with Crippen molar-refractivity contribution in [1.82, 2.24) is 0 Å². The van der Waals surface area contributed by atoms with E-state index in [1.165, 1.54) is 0 Å². The Hall–Kier alpha value is -1.67. The molecule has 0 aliphatic carbocycles. The molecular weight excluding hydrogens is 420 g/mol. The molecular formula is C24H33ClO6. The molecule has 1 aliphatic heterocycles. The largest absolute Gasteiger partial charge is 0.494 e. The summed E-state index contributed by atoms with van der Waals surface area (Å²) >= 11 is 6.35. The summed E-state index contributed by atoms with van der Waals surface area (Å²) in [5.41, 5.74) is 0.683. The van der Waals surface area contributed by atoms with E-state index in [1.807, 2.05) is 20.8 Å². The van der Waals surface area contributed by atoms with Crippen molar-refractivity contribution in [1.29, 1.82) is 0 Å². The van der Waals surface area contributed by atoms with Gasteiger partial charge in [0, 0.05) is 23.4 Å². The Bertz CT molecular complexity index is 806. The minimum absolute atomic E-state index is 0.158. The highest BCUT2D eigenvalue weighted by Crippen LogP contribution is 2.39. The number of benzene rings is 2. The smallest absolute Gasteiger partial charge is 0.119 e. The monoisotopic (exact) mass is 452 g/mol. The van der Waals surface area contributed by atoms with Gasteiger partial charge in [0.05, 0.1) is 32.0 Å². The Balaban J connectivity index is 0.00000166. The van der Waals surface area contributed by atoms with Gasteiger partial charge >= 0.3 is 0 Å². The lowest BCUT2D eigenvalue weighted by Gasteiger charge is -2.41. The van der Waals surface area contributed by atoms with E-state index >= 15 is 0 Å². The molecule has 0 aromatic heterocycles. The van der Waals surface area contributed by atoms with Gasteiger partial charge < -0.3 is 29.9 Å². The van der Waals surface area contributed by atoms with Crippen LogP contribution in [0.4, 0.5) is 0 Å². The van der Waals surface area contributed by atoms with Gasteiger partial charge in [-0.3, -0.25) is 0 Å². The van der Waals surface area contributed by atoms with E-state index in [2.05, 4.69) is 0 Å². The summed E-state index contributed by atoms with van der Waals surface area (Å²) in [6, 6.07) is 12.3. The molecule has 4 N–H and O–H groups in total. The van der Waals surface area contributed by atoms with Crippen LogP contribution in [-0.2, 0) is 4.74 Å². The van der Waals surface area contributed by atoms with Crippen molar-refractivity contribution in [2.75, 3.05) is 19.8 Å². The Morgan fingerprint density at radius 2 is 1.77 bits per heavy atom. The van der Waals surface area contributed by atoms with Crippen LogP contribution in [0.5, 0.6) is 5.75 Å². The molecule has 0 bridgehead atoms. The topological polar surface area (TPSA) is 99.4 Å². The second-order valence-corrected chi connectivity index (χ2v) is 7.79. The van der Waals surface area contributed by atoms with Crippen LogP contribution in [0.25, 0.3) is 0 Å². The highest BCUT2D eigenvalue weighted by Gasteiger charge is 2.41. The summed E-state index contributed by atoms with van der Waals surface area (Å²) in [7, 11) is 0. The molecule has 3 atom stereocenters. The van der Waals surface area contributed by atoms with Crippen molar-refractivity contribution >= 4 is 11.6 Å². The standard InChI is InChI=1S/C22H27ClO6.C2H6/c1-2-28-17-6-3-14(4-7-17)21(27)18-9-15(5-8-19(18)23)20-10-16(26)11-22(12-24,13-25)29-20;1-2/h3-9,16,20-21,24-27H,2,10-13H2,1H3;1-2H3. The summed E-state index contributed by atoms with van der Waals surface area (Å²) in [5, 5.41) is 40.8. The first-order valence-electron chi connectivity index (χ1n) is 10.7. The maximum Gasteiger partial charge on any atom is 0.119 e. The average molecular weight is 453 g/mol. The molecule has 2 aromatic carbocycles. The first-order valence-corrected chi connectivity index (χ1v) is 11.1. The fourth-order valence-corrected chi connectivity index (χ4v) is 3.90. The number of hydrogen-bond acceptors (Lipinski definition) is 6. The molecule has 1 fully saturated rings. The molecule has 7 heteroatoms. The molecule has 1 heterocycles. The second-order valence-electron chi connectivity index (χ2n) is 7.38. The van der Waals surface area contributed by atoms with Gasteiger partial charge in [0.2, 0.25) is 0 Å². The third-order valence-corrected chi connectivity index (χ3v) is 5.60. The summed E-state index contributed by atoms with van der Waals surface area (Å²) < 4.78 is 11.4. The maximum atomic E-state index is 10.9. The Kier molecular flexibility index (Phi) is 9.75. The van der Waals surface area contributed by atoms with Gasteiger partial charge in [-0.05, 0) is 42.3 Å². The molecule has 0 radical (unpaired) electrons. The van der Waals surface area contributed by atoms with Crippen molar-refractivity contribution in [2.24, 2.45) is 0 Å². The maximum absolute atomic E-state index is 10.9. The van der Waals surface area contributed by atoms with Crippen LogP contribution >= 0.6 is 11.6 Å². The summed E-state index contributed by atoms with van der Waals surface area (Å²) in [6.45, 7) is 5.67. The normalized spacial score (nSPS) is 21.0. The van der Waals surface area contributed by atoms with Gasteiger partial charge in [0.15, 0.2) is 0 Å². The van der Waals surface area contributed by atoms with Gasteiger partial charge in [0.1, 0.15) is 17.5 Å². The molecule has 1 aliphatic rings. The molecule has 3 rings (SSSR count). The Morgan fingerprint density at radius 1 is 1.13 bits per heavy atom. The van der Waals surface area contributed by atoms with Crippen molar-refractivity contribution in [3.8, 4) is 5.75 Å². The van der Waals surface area contributed by atoms with Crippen LogP contribution in [0.3, 0.4) is 0 Å². The Labute approximate surface area is 189 Å². The summed E-state index contributed by atoms with van der Waals surface area (Å²) in [5.74, 6) is 0.720. The molecule has 1 saturated heterocycles. The molecule has 3 unspecified atom stereocenters. The molecule has 0 saturated carbocycles. The van der Waals surface area contributed by atoms with Crippen molar-refractivity contribution in [2.45, 2.75) is 57.5 Å². The van der Waals surface area contributed by atoms with Crippen molar-refractivity contribution in [3.05, 3.63) is 64.2 Å². The minimum atomic E-state index is -1.20. The van der Waals surface area contributed by atoms with Crippen LogP contribution < -0.4 is 4.74 Å². The zero-order valence-corrected chi connectivity index (χ0v) is 19.0. The van der Waals surface area contributed by atoms with Crippen LogP contribution in [0.1, 0.15) is 62.5 Å². The minimum Gasteiger partial charge on any atom is -0.494 e. The van der Waals surface area contributed by atoms with Gasteiger partial charge in [-0.15, -0.1) is 0 Å². The molecule has 172 valence electrons. The average Bonchev–Trinajstić information content (AvgIpc) is 2.80. The first kappa shape index (κ1) is 25.6. The molecule has 2 aromatic rings. The number of ether oxygens (including phenoxy) is 2. The zero-order chi connectivity index (χ0) is 23.0. The van der Waals surface area contributed by atoms with Gasteiger partial charge in [0.25, 0.3) is 0 Å². The van der Waals surface area contributed by atoms with Crippen LogP contribution in [-0.4, -0.2) is 52.0 Å². The number of aliphatic hydroxyl groups is 4. The predicted octanol–water partition coefficient (Wildman–Crippen LogP) is 3.78. The van der Waals surface area contributed by atoms with Crippen LogP contribution in [0.2, 0.25) is 5.02 Å². The molecule has 31 heavy (non-hydrogen) atoms. The van der Waals surface area contributed by atoms with E-state index in [1.54, 1.807) is 42.5 Å². The third kappa shape index (κ3) is 6.19. The predicted molar refractivity (Wildman–Crippen MR) is 120 cm³/mol. The Morgan fingerprint density at radius 3 is 2.35 bits per heavy atom. The molecule has 0 amide bonds. The first-order chi connectivity index (χ1) is 14.9. The van der Waals surface area contributed by atoms with Crippen molar-refractivity contribution < 1.29 is 29.9 Å². The highest BCUT2D eigenvalue weighted by molar-refractivity contribution is 6.31. The fraction of sp³-hybridized carbons (Fsp3) is 0.500. The van der Waals surface area contributed by atoms with Crippen LogP contribution in [0, 0.1) is 0 Å². The lowest BCUT2D eigenvalue weighted by molar-refractivity contribution is -0.198. The van der Waals surface area contributed by atoms with Crippen LogP contribution in [0.15, 0.2) is 42.5 Å². The number of hydrogen-bond donors (Lipinski definition) is 4. The zero-order valence-electron chi connectivity index (χ0n) is 18.3. The number of halogens is 1. The van der Waals surface area contributed by atoms with E-state index in [0.29, 0.717) is 34.7 Å². The SMILES string of the molecule is CC.CCOc1ccc(C(O)c2cc(C3CC(O)CC(CO)(CO)O3)ccc2Cl)cc1. The van der Waals surface area contributed by atoms with E-state index in [4.69, 9.17) is 21.1 Å².